The van der Waals surface area contributed by atoms with Gasteiger partial charge in [0.25, 0.3) is 0 Å². The van der Waals surface area contributed by atoms with Crippen molar-refractivity contribution in [1.29, 1.82) is 0 Å². The first-order valence-electron chi connectivity index (χ1n) is 10.4. The minimum Gasteiger partial charge on any atom is -0.457 e. The van der Waals surface area contributed by atoms with Crippen LogP contribution in [0.3, 0.4) is 0 Å². The highest BCUT2D eigenvalue weighted by Gasteiger charge is 2.06. The Labute approximate surface area is 201 Å². The number of aryl methyl sites for hydroxylation is 2. The number of hydrogen-bond donors (Lipinski definition) is 2. The Hall–Kier alpha value is -2.62. The Kier molecular flexibility index (Phi) is 10.8. The topological polar surface area (TPSA) is 76.4 Å². The molecule has 0 saturated carbocycles. The number of guanidine groups is 1. The molecule has 0 atom stereocenters. The van der Waals surface area contributed by atoms with Crippen LogP contribution >= 0.6 is 24.0 Å². The van der Waals surface area contributed by atoms with Crippen molar-refractivity contribution < 1.29 is 4.74 Å². The number of hydrogen-bond acceptors (Lipinski definition) is 4. The van der Waals surface area contributed by atoms with E-state index >= 15 is 0 Å². The molecular formula is C23H31IN6O. The molecule has 0 aliphatic rings. The number of rotatable bonds is 10. The molecule has 166 valence electrons. The summed E-state index contributed by atoms with van der Waals surface area (Å²) in [6, 6.07) is 16.1. The van der Waals surface area contributed by atoms with E-state index in [1.807, 2.05) is 34.9 Å². The third-order valence-corrected chi connectivity index (χ3v) is 4.55. The fraction of sp³-hybridized carbons (Fsp3) is 0.348. The smallest absolute Gasteiger partial charge is 0.191 e. The third kappa shape index (κ3) is 8.56. The summed E-state index contributed by atoms with van der Waals surface area (Å²) in [5.74, 6) is 2.48. The van der Waals surface area contributed by atoms with Gasteiger partial charge in [-0.25, -0.2) is 4.99 Å². The highest BCUT2D eigenvalue weighted by molar-refractivity contribution is 14.0. The van der Waals surface area contributed by atoms with E-state index in [9.17, 15) is 0 Å². The van der Waals surface area contributed by atoms with Crippen molar-refractivity contribution in [3.63, 3.8) is 0 Å². The Bertz CT molecular complexity index is 915. The van der Waals surface area contributed by atoms with Crippen LogP contribution in [-0.2, 0) is 13.1 Å². The number of nitrogens with zero attached hydrogens (tertiary/aromatic N) is 4. The SMILES string of the molecule is CCNC(=NCc1ccc(C)cc1Oc1ccccc1)NCCCCn1cnnc1.I. The summed E-state index contributed by atoms with van der Waals surface area (Å²) < 4.78 is 8.10. The van der Waals surface area contributed by atoms with Gasteiger partial charge in [-0.1, -0.05) is 30.3 Å². The standard InChI is InChI=1S/C23H30N6O.HI/c1-3-24-23(25-13-7-8-14-29-17-27-28-18-29)26-16-20-12-11-19(2)15-22(20)30-21-9-5-4-6-10-21;/h4-6,9-12,15,17-18H,3,7-8,13-14,16H2,1-2H3,(H2,24,25,26);1H. The number of ether oxygens (including phenoxy) is 1. The largest absolute Gasteiger partial charge is 0.457 e. The average Bonchev–Trinajstić information content (AvgIpc) is 3.27. The van der Waals surface area contributed by atoms with Gasteiger partial charge in [-0.15, -0.1) is 34.2 Å². The van der Waals surface area contributed by atoms with Gasteiger partial charge >= 0.3 is 0 Å². The molecule has 1 heterocycles. The van der Waals surface area contributed by atoms with Crippen molar-refractivity contribution in [1.82, 2.24) is 25.4 Å². The van der Waals surface area contributed by atoms with Crippen molar-refractivity contribution in [2.75, 3.05) is 13.1 Å². The molecule has 1 aromatic heterocycles. The number of aromatic nitrogens is 3. The first kappa shape index (κ1) is 24.6. The van der Waals surface area contributed by atoms with E-state index in [1.54, 1.807) is 12.7 Å². The quantitative estimate of drug-likeness (QED) is 0.173. The number of para-hydroxylation sites is 1. The second kappa shape index (κ2) is 13.6. The molecule has 31 heavy (non-hydrogen) atoms. The predicted molar refractivity (Wildman–Crippen MR) is 135 cm³/mol. The zero-order valence-corrected chi connectivity index (χ0v) is 20.5. The molecule has 0 bridgehead atoms. The second-order valence-electron chi connectivity index (χ2n) is 7.06. The molecule has 0 saturated heterocycles. The third-order valence-electron chi connectivity index (χ3n) is 4.55. The van der Waals surface area contributed by atoms with Gasteiger partial charge in [0.1, 0.15) is 24.2 Å². The lowest BCUT2D eigenvalue weighted by Gasteiger charge is -2.13. The summed E-state index contributed by atoms with van der Waals surface area (Å²) in [6.07, 6.45) is 5.58. The van der Waals surface area contributed by atoms with Gasteiger partial charge in [0.15, 0.2) is 5.96 Å². The molecule has 0 radical (unpaired) electrons. The van der Waals surface area contributed by atoms with Gasteiger partial charge in [0.05, 0.1) is 6.54 Å². The summed E-state index contributed by atoms with van der Waals surface area (Å²) in [5.41, 5.74) is 2.21. The number of aliphatic imine (C=N–C) groups is 1. The average molecular weight is 534 g/mol. The zero-order valence-electron chi connectivity index (χ0n) is 18.1. The van der Waals surface area contributed by atoms with Crippen molar-refractivity contribution in [3.05, 3.63) is 72.3 Å². The summed E-state index contributed by atoms with van der Waals surface area (Å²) >= 11 is 0. The van der Waals surface area contributed by atoms with E-state index in [2.05, 4.69) is 52.9 Å². The van der Waals surface area contributed by atoms with Crippen molar-refractivity contribution >= 4 is 29.9 Å². The predicted octanol–water partition coefficient (Wildman–Crippen LogP) is 4.53. The van der Waals surface area contributed by atoms with Crippen LogP contribution in [0.15, 0.2) is 66.2 Å². The van der Waals surface area contributed by atoms with Crippen LogP contribution in [-0.4, -0.2) is 33.8 Å². The maximum Gasteiger partial charge on any atom is 0.191 e. The van der Waals surface area contributed by atoms with Gasteiger partial charge in [0.2, 0.25) is 0 Å². The summed E-state index contributed by atoms with van der Waals surface area (Å²) in [7, 11) is 0. The molecule has 8 heteroatoms. The van der Waals surface area contributed by atoms with Crippen molar-refractivity contribution in [2.45, 2.75) is 39.8 Å². The van der Waals surface area contributed by atoms with Gasteiger partial charge in [-0.2, -0.15) is 0 Å². The molecule has 0 unspecified atom stereocenters. The monoisotopic (exact) mass is 534 g/mol. The van der Waals surface area contributed by atoms with Crippen LogP contribution in [0, 0.1) is 6.92 Å². The zero-order chi connectivity index (χ0) is 21.0. The van der Waals surface area contributed by atoms with Crippen LogP contribution in [0.1, 0.15) is 30.9 Å². The number of halogens is 1. The minimum atomic E-state index is 0. The maximum atomic E-state index is 6.11. The van der Waals surface area contributed by atoms with Crippen LogP contribution in [0.4, 0.5) is 0 Å². The molecule has 0 fully saturated rings. The Morgan fingerprint density at radius 1 is 1.03 bits per heavy atom. The molecule has 0 aliphatic carbocycles. The van der Waals surface area contributed by atoms with Crippen LogP contribution in [0.5, 0.6) is 11.5 Å². The summed E-state index contributed by atoms with van der Waals surface area (Å²) in [5, 5.41) is 14.4. The molecule has 0 aliphatic heterocycles. The highest BCUT2D eigenvalue weighted by atomic mass is 127. The van der Waals surface area contributed by atoms with Gasteiger partial charge in [-0.3, -0.25) is 0 Å². The number of unbranched alkanes of at least 4 members (excludes halogenated alkanes) is 1. The number of benzene rings is 2. The molecule has 7 nitrogen and oxygen atoms in total. The minimum absolute atomic E-state index is 0. The van der Waals surface area contributed by atoms with E-state index in [0.717, 1.165) is 61.1 Å². The Morgan fingerprint density at radius 2 is 1.81 bits per heavy atom. The van der Waals surface area contributed by atoms with Gasteiger partial charge < -0.3 is 19.9 Å². The molecular weight excluding hydrogens is 503 g/mol. The highest BCUT2D eigenvalue weighted by Crippen LogP contribution is 2.27. The van der Waals surface area contributed by atoms with Crippen LogP contribution in [0.25, 0.3) is 0 Å². The van der Waals surface area contributed by atoms with E-state index in [-0.39, 0.29) is 24.0 Å². The van der Waals surface area contributed by atoms with E-state index in [1.165, 1.54) is 0 Å². The van der Waals surface area contributed by atoms with Gasteiger partial charge in [0, 0.05) is 25.2 Å². The normalized spacial score (nSPS) is 11.0. The Balaban J connectivity index is 0.00000341. The molecule has 0 spiro atoms. The van der Waals surface area contributed by atoms with Gasteiger partial charge in [-0.05, 0) is 50.5 Å². The summed E-state index contributed by atoms with van der Waals surface area (Å²) in [6.45, 7) is 7.27. The van der Waals surface area contributed by atoms with Crippen LogP contribution < -0.4 is 15.4 Å². The molecule has 0 amide bonds. The molecule has 2 N–H and O–H groups in total. The van der Waals surface area contributed by atoms with Crippen LogP contribution in [0.2, 0.25) is 0 Å². The molecule has 2 aromatic carbocycles. The lowest BCUT2D eigenvalue weighted by molar-refractivity contribution is 0.476. The fourth-order valence-electron chi connectivity index (χ4n) is 2.97. The first-order valence-corrected chi connectivity index (χ1v) is 10.4. The molecule has 3 rings (SSSR count). The summed E-state index contributed by atoms with van der Waals surface area (Å²) in [4.78, 5) is 4.75. The van der Waals surface area contributed by atoms with Crippen molar-refractivity contribution in [2.24, 2.45) is 4.99 Å². The lowest BCUT2D eigenvalue weighted by atomic mass is 10.1. The fourth-order valence-corrected chi connectivity index (χ4v) is 2.97. The first-order chi connectivity index (χ1) is 14.7. The molecule has 3 aromatic rings. The number of nitrogens with one attached hydrogen (secondary N) is 2. The maximum absolute atomic E-state index is 6.11. The van der Waals surface area contributed by atoms with E-state index in [0.29, 0.717) is 6.54 Å². The van der Waals surface area contributed by atoms with E-state index in [4.69, 9.17) is 9.73 Å². The lowest BCUT2D eigenvalue weighted by Crippen LogP contribution is -2.37. The second-order valence-corrected chi connectivity index (χ2v) is 7.06. The van der Waals surface area contributed by atoms with Crippen molar-refractivity contribution in [3.8, 4) is 11.5 Å². The van der Waals surface area contributed by atoms with E-state index < -0.39 is 0 Å². The Morgan fingerprint density at radius 3 is 2.55 bits per heavy atom.